The first kappa shape index (κ1) is 27.8. The van der Waals surface area contributed by atoms with Gasteiger partial charge in [0, 0.05) is 12.1 Å². The zero-order valence-electron chi connectivity index (χ0n) is 22.9. The average Bonchev–Trinajstić information content (AvgIpc) is 2.81. The van der Waals surface area contributed by atoms with Crippen molar-refractivity contribution in [2.75, 3.05) is 5.32 Å². The number of rotatable bonds is 10. The lowest BCUT2D eigenvalue weighted by molar-refractivity contribution is 0.0697. The number of aliphatic imine (C=N–C) groups is 1. The number of ether oxygens (including phenoxy) is 1. The number of amidine groups is 1. The molecule has 0 spiro atoms. The first-order valence-corrected chi connectivity index (χ1v) is 13.6. The smallest absolute Gasteiger partial charge is 0.335 e. The van der Waals surface area contributed by atoms with Gasteiger partial charge < -0.3 is 15.2 Å². The molecule has 0 amide bonds. The maximum Gasteiger partial charge on any atom is 0.335 e. The Bertz CT molecular complexity index is 1030. The number of hydrogen-bond donors (Lipinski definition) is 2. The van der Waals surface area contributed by atoms with Gasteiger partial charge in [-0.2, -0.15) is 0 Å². The van der Waals surface area contributed by atoms with Gasteiger partial charge in [-0.3, -0.25) is 0 Å². The third-order valence-corrected chi connectivity index (χ3v) is 7.37. The van der Waals surface area contributed by atoms with Gasteiger partial charge in [0.2, 0.25) is 0 Å². The van der Waals surface area contributed by atoms with E-state index in [2.05, 4.69) is 26.1 Å². The number of carboxylic acids is 1. The van der Waals surface area contributed by atoms with E-state index in [0.29, 0.717) is 5.69 Å². The molecular weight excluding hydrogens is 448 g/mol. The van der Waals surface area contributed by atoms with E-state index in [-0.39, 0.29) is 11.7 Å². The van der Waals surface area contributed by atoms with E-state index in [1.54, 1.807) is 12.1 Å². The first-order chi connectivity index (χ1) is 17.1. The van der Waals surface area contributed by atoms with E-state index in [1.165, 1.54) is 25.7 Å². The highest BCUT2D eigenvalue weighted by Crippen LogP contribution is 2.40. The van der Waals surface area contributed by atoms with Crippen molar-refractivity contribution in [1.29, 1.82) is 0 Å². The van der Waals surface area contributed by atoms with Gasteiger partial charge in [-0.05, 0) is 112 Å². The minimum Gasteiger partial charge on any atom is -0.491 e. The lowest BCUT2D eigenvalue weighted by atomic mass is 9.68. The van der Waals surface area contributed by atoms with Crippen LogP contribution in [0.3, 0.4) is 0 Å². The van der Waals surface area contributed by atoms with E-state index in [9.17, 15) is 9.90 Å². The number of nitrogens with zero attached hydrogens (tertiary/aromatic N) is 1. The van der Waals surface area contributed by atoms with Crippen LogP contribution in [0.2, 0.25) is 0 Å². The third-order valence-electron chi connectivity index (χ3n) is 7.37. The van der Waals surface area contributed by atoms with Gasteiger partial charge in [-0.15, -0.1) is 0 Å². The highest BCUT2D eigenvalue weighted by atomic mass is 16.5. The second-order valence-electron chi connectivity index (χ2n) is 11.2. The van der Waals surface area contributed by atoms with E-state index >= 15 is 0 Å². The Morgan fingerprint density at radius 3 is 2.47 bits per heavy atom. The second-order valence-corrected chi connectivity index (χ2v) is 11.2. The number of carboxylic acid groups (broad SMARTS) is 1. The van der Waals surface area contributed by atoms with Crippen molar-refractivity contribution in [1.82, 2.24) is 0 Å². The monoisotopic (exact) mass is 492 g/mol. The molecule has 0 saturated heterocycles. The van der Waals surface area contributed by atoms with Crippen molar-refractivity contribution in [2.24, 2.45) is 28.7 Å². The molecule has 3 atom stereocenters. The second kappa shape index (κ2) is 12.9. The van der Waals surface area contributed by atoms with Crippen molar-refractivity contribution in [2.45, 2.75) is 86.2 Å². The fourth-order valence-corrected chi connectivity index (χ4v) is 5.47. The summed E-state index contributed by atoms with van der Waals surface area (Å²) < 4.78 is 5.78. The molecule has 2 N–H and O–H groups in total. The van der Waals surface area contributed by atoms with E-state index in [0.717, 1.165) is 59.3 Å². The maximum absolute atomic E-state index is 11.5. The van der Waals surface area contributed by atoms with Crippen molar-refractivity contribution in [3.63, 3.8) is 0 Å². The zero-order valence-corrected chi connectivity index (χ0v) is 22.9. The minimum atomic E-state index is -0.937. The van der Waals surface area contributed by atoms with Gasteiger partial charge >= 0.3 is 5.97 Å². The summed E-state index contributed by atoms with van der Waals surface area (Å²) in [6.45, 7) is 13.1. The van der Waals surface area contributed by atoms with Crippen LogP contribution in [0, 0.1) is 30.6 Å². The largest absolute Gasteiger partial charge is 0.491 e. The van der Waals surface area contributed by atoms with Crippen molar-refractivity contribution >= 4 is 23.2 Å². The van der Waals surface area contributed by atoms with Crippen LogP contribution in [-0.4, -0.2) is 23.0 Å². The van der Waals surface area contributed by atoms with Crippen LogP contribution in [0.4, 0.5) is 11.4 Å². The summed E-state index contributed by atoms with van der Waals surface area (Å²) in [7, 11) is 0. The molecule has 196 valence electrons. The molecule has 0 bridgehead atoms. The van der Waals surface area contributed by atoms with Crippen LogP contribution < -0.4 is 10.1 Å². The molecule has 1 aliphatic carbocycles. The topological polar surface area (TPSA) is 70.9 Å². The van der Waals surface area contributed by atoms with Gasteiger partial charge in [0.15, 0.2) is 0 Å². The van der Waals surface area contributed by atoms with Crippen LogP contribution in [0.25, 0.3) is 0 Å². The molecule has 36 heavy (non-hydrogen) atoms. The van der Waals surface area contributed by atoms with E-state index in [4.69, 9.17) is 9.73 Å². The number of hydrogen-bond acceptors (Lipinski definition) is 3. The summed E-state index contributed by atoms with van der Waals surface area (Å²) in [6.07, 6.45) is 7.21. The number of carbonyl (C=O) groups is 1. The molecule has 0 unspecified atom stereocenters. The fraction of sp³-hybridized carbons (Fsp3) is 0.548. The Hall–Kier alpha value is -2.82. The summed E-state index contributed by atoms with van der Waals surface area (Å²) in [5.41, 5.74) is 2.86. The van der Waals surface area contributed by atoms with E-state index < -0.39 is 5.97 Å². The van der Waals surface area contributed by atoms with E-state index in [1.807, 2.05) is 51.1 Å². The van der Waals surface area contributed by atoms with Crippen molar-refractivity contribution in [3.05, 3.63) is 53.6 Å². The first-order valence-electron chi connectivity index (χ1n) is 13.6. The predicted octanol–water partition coefficient (Wildman–Crippen LogP) is 8.50. The Morgan fingerprint density at radius 1 is 1.11 bits per heavy atom. The average molecular weight is 493 g/mol. The van der Waals surface area contributed by atoms with Crippen LogP contribution in [0.5, 0.6) is 5.75 Å². The normalized spacial score (nSPS) is 20.6. The molecule has 5 nitrogen and oxygen atoms in total. The Kier molecular flexibility index (Phi) is 9.98. The van der Waals surface area contributed by atoms with Crippen LogP contribution in [-0.2, 0) is 0 Å². The molecule has 1 fully saturated rings. The van der Waals surface area contributed by atoms with Crippen LogP contribution in [0.1, 0.15) is 89.1 Å². The Morgan fingerprint density at radius 2 is 1.83 bits per heavy atom. The highest BCUT2D eigenvalue weighted by Gasteiger charge is 2.30. The maximum atomic E-state index is 11.5. The lowest BCUT2D eigenvalue weighted by Crippen LogP contribution is -2.27. The number of anilines is 1. The molecule has 2 aromatic rings. The molecule has 0 radical (unpaired) electrons. The Balaban J connectivity index is 1.79. The highest BCUT2D eigenvalue weighted by molar-refractivity contribution is 5.98. The number of benzene rings is 2. The van der Waals surface area contributed by atoms with Crippen LogP contribution in [0.15, 0.2) is 47.5 Å². The third kappa shape index (κ3) is 8.11. The Labute approximate surface area is 217 Å². The number of nitrogens with one attached hydrogen (secondary N) is 1. The molecular formula is C31H44N2O3. The molecule has 0 aromatic heterocycles. The summed E-state index contributed by atoms with van der Waals surface area (Å²) in [5.74, 6) is 3.87. The summed E-state index contributed by atoms with van der Waals surface area (Å²) in [5, 5.41) is 13.0. The zero-order chi connectivity index (χ0) is 26.2. The number of aromatic carboxylic acids is 1. The van der Waals surface area contributed by atoms with Crippen molar-refractivity contribution in [3.8, 4) is 5.75 Å². The van der Waals surface area contributed by atoms with Gasteiger partial charge in [0.05, 0.1) is 17.4 Å². The summed E-state index contributed by atoms with van der Waals surface area (Å²) in [4.78, 5) is 16.5. The minimum absolute atomic E-state index is 0.127. The SMILES string of the molecule is Cc1ccc(C(=O)O)cc1N=C(CCC[C@@H]1C[C@H](C)CC[C@H]1C(C)C)Nc1ccc(OC(C)C)cc1. The predicted molar refractivity (Wildman–Crippen MR) is 150 cm³/mol. The van der Waals surface area contributed by atoms with Crippen LogP contribution >= 0.6 is 0 Å². The molecule has 2 aromatic carbocycles. The molecule has 1 saturated carbocycles. The fourth-order valence-electron chi connectivity index (χ4n) is 5.47. The van der Waals surface area contributed by atoms with Crippen molar-refractivity contribution < 1.29 is 14.6 Å². The quantitative estimate of drug-likeness (QED) is 0.258. The number of aryl methyl sites for hydroxylation is 1. The molecule has 1 aliphatic rings. The molecule has 0 aliphatic heterocycles. The summed E-state index contributed by atoms with van der Waals surface area (Å²) in [6, 6.07) is 13.1. The lowest BCUT2D eigenvalue weighted by Gasteiger charge is -2.37. The van der Waals surface area contributed by atoms with Gasteiger partial charge in [0.25, 0.3) is 0 Å². The molecule has 0 heterocycles. The molecule has 3 rings (SSSR count). The molecule has 5 heteroatoms. The standard InChI is InChI=1S/C31H44N2O3/c1-20(2)28-17-10-22(5)18-24(28)8-7-9-30(32-26-13-15-27(16-14-26)36-21(3)4)33-29-19-25(31(34)35)12-11-23(29)6/h11-16,19-22,24,28H,7-10,17-18H2,1-6H3,(H,32,33)(H,34,35)/t22-,24-,28+/m1/s1. The van der Waals surface area contributed by atoms with Gasteiger partial charge in [-0.25, -0.2) is 9.79 Å². The van der Waals surface area contributed by atoms with Gasteiger partial charge in [-0.1, -0.05) is 33.3 Å². The summed E-state index contributed by atoms with van der Waals surface area (Å²) >= 11 is 0. The van der Waals surface area contributed by atoms with Gasteiger partial charge in [0.1, 0.15) is 11.6 Å².